The Morgan fingerprint density at radius 3 is 2.88 bits per heavy atom. The first-order valence-electron chi connectivity index (χ1n) is 6.09. The van der Waals surface area contributed by atoms with Crippen LogP contribution in [0.2, 0.25) is 5.15 Å². The van der Waals surface area contributed by atoms with Crippen molar-refractivity contribution in [3.05, 3.63) is 23.2 Å². The number of halogens is 1. The third-order valence-electron chi connectivity index (χ3n) is 3.48. The summed E-state index contributed by atoms with van der Waals surface area (Å²) in [6, 6.07) is 0.593. The zero-order chi connectivity index (χ0) is 12.3. The Morgan fingerprint density at radius 1 is 1.41 bits per heavy atom. The maximum absolute atomic E-state index is 5.75. The van der Waals surface area contributed by atoms with E-state index in [1.165, 1.54) is 12.8 Å². The van der Waals surface area contributed by atoms with Crippen LogP contribution in [-0.2, 0) is 6.54 Å². The van der Waals surface area contributed by atoms with Crippen molar-refractivity contribution in [3.63, 3.8) is 0 Å². The van der Waals surface area contributed by atoms with Gasteiger partial charge in [-0.3, -0.25) is 9.88 Å². The average molecular weight is 255 g/mol. The van der Waals surface area contributed by atoms with Gasteiger partial charge in [0.1, 0.15) is 5.15 Å². The van der Waals surface area contributed by atoms with E-state index in [2.05, 4.69) is 21.8 Å². The maximum atomic E-state index is 5.75. The predicted molar refractivity (Wildman–Crippen MR) is 68.7 cm³/mol. The second-order valence-corrected chi connectivity index (χ2v) is 5.18. The van der Waals surface area contributed by atoms with Crippen molar-refractivity contribution in [1.29, 1.82) is 0 Å². The Labute approximate surface area is 107 Å². The Morgan fingerprint density at radius 2 is 2.24 bits per heavy atom. The third-order valence-corrected chi connectivity index (χ3v) is 3.68. The molecule has 1 aromatic rings. The molecule has 2 rings (SSSR count). The van der Waals surface area contributed by atoms with Crippen molar-refractivity contribution in [2.24, 2.45) is 11.7 Å². The number of aromatic nitrogens is 2. The van der Waals surface area contributed by atoms with E-state index >= 15 is 0 Å². The fourth-order valence-electron chi connectivity index (χ4n) is 2.30. The number of piperidine rings is 1. The molecule has 2 unspecified atom stereocenters. The molecule has 2 atom stereocenters. The van der Waals surface area contributed by atoms with Crippen molar-refractivity contribution < 1.29 is 0 Å². The second kappa shape index (κ2) is 5.76. The maximum Gasteiger partial charge on any atom is 0.147 e. The van der Waals surface area contributed by atoms with E-state index in [-0.39, 0.29) is 0 Å². The van der Waals surface area contributed by atoms with Crippen LogP contribution < -0.4 is 5.73 Å². The van der Waals surface area contributed by atoms with Crippen molar-refractivity contribution in [3.8, 4) is 0 Å². The molecule has 94 valence electrons. The van der Waals surface area contributed by atoms with Gasteiger partial charge in [-0.15, -0.1) is 0 Å². The van der Waals surface area contributed by atoms with E-state index in [0.717, 1.165) is 25.3 Å². The summed E-state index contributed by atoms with van der Waals surface area (Å²) >= 11 is 5.72. The quantitative estimate of drug-likeness (QED) is 0.892. The van der Waals surface area contributed by atoms with Crippen LogP contribution in [0.15, 0.2) is 12.4 Å². The SMILES string of the molecule is CC1CCC(CN)CN1Cc1cnc(Cl)cn1. The summed E-state index contributed by atoms with van der Waals surface area (Å²) in [7, 11) is 0. The summed E-state index contributed by atoms with van der Waals surface area (Å²) in [5, 5.41) is 0.445. The molecule has 2 heterocycles. The molecule has 0 spiro atoms. The highest BCUT2D eigenvalue weighted by Gasteiger charge is 2.24. The van der Waals surface area contributed by atoms with Gasteiger partial charge >= 0.3 is 0 Å². The first kappa shape index (κ1) is 12.7. The topological polar surface area (TPSA) is 55.0 Å². The molecular weight excluding hydrogens is 236 g/mol. The summed E-state index contributed by atoms with van der Waals surface area (Å²) in [6.07, 6.45) is 5.80. The van der Waals surface area contributed by atoms with E-state index in [1.807, 2.05) is 0 Å². The van der Waals surface area contributed by atoms with Crippen LogP contribution in [0.1, 0.15) is 25.5 Å². The fraction of sp³-hybridized carbons (Fsp3) is 0.667. The van der Waals surface area contributed by atoms with Crippen LogP contribution in [0, 0.1) is 5.92 Å². The highest BCUT2D eigenvalue weighted by Crippen LogP contribution is 2.22. The van der Waals surface area contributed by atoms with Crippen molar-refractivity contribution in [2.45, 2.75) is 32.4 Å². The minimum Gasteiger partial charge on any atom is -0.330 e. The van der Waals surface area contributed by atoms with E-state index in [4.69, 9.17) is 17.3 Å². The molecule has 1 aliphatic rings. The first-order valence-corrected chi connectivity index (χ1v) is 6.47. The molecule has 0 saturated carbocycles. The summed E-state index contributed by atoms with van der Waals surface area (Å²) in [5.74, 6) is 0.617. The van der Waals surface area contributed by atoms with Gasteiger partial charge in [0.15, 0.2) is 0 Å². The van der Waals surface area contributed by atoms with Crippen LogP contribution in [0.3, 0.4) is 0 Å². The van der Waals surface area contributed by atoms with Crippen molar-refractivity contribution in [1.82, 2.24) is 14.9 Å². The molecule has 0 radical (unpaired) electrons. The molecule has 0 bridgehead atoms. The lowest BCUT2D eigenvalue weighted by atomic mass is 9.93. The largest absolute Gasteiger partial charge is 0.330 e. The minimum absolute atomic E-state index is 0.445. The zero-order valence-electron chi connectivity index (χ0n) is 10.1. The molecule has 1 aromatic heterocycles. The molecular formula is C12H19ClN4. The molecule has 1 fully saturated rings. The predicted octanol–water partition coefficient (Wildman–Crippen LogP) is 1.69. The van der Waals surface area contributed by atoms with E-state index in [9.17, 15) is 0 Å². The van der Waals surface area contributed by atoms with E-state index in [0.29, 0.717) is 17.1 Å². The Bertz CT molecular complexity index is 354. The highest BCUT2D eigenvalue weighted by atomic mass is 35.5. The highest BCUT2D eigenvalue weighted by molar-refractivity contribution is 6.29. The molecule has 4 nitrogen and oxygen atoms in total. The van der Waals surface area contributed by atoms with Gasteiger partial charge in [0.25, 0.3) is 0 Å². The monoisotopic (exact) mass is 254 g/mol. The van der Waals surface area contributed by atoms with Crippen LogP contribution in [-0.4, -0.2) is 34.0 Å². The molecule has 5 heteroatoms. The lowest BCUT2D eigenvalue weighted by molar-refractivity contribution is 0.112. The van der Waals surface area contributed by atoms with Gasteiger partial charge < -0.3 is 5.73 Å². The number of nitrogens with two attached hydrogens (primary N) is 1. The number of hydrogen-bond donors (Lipinski definition) is 1. The lowest BCUT2D eigenvalue weighted by Crippen LogP contribution is -2.43. The van der Waals surface area contributed by atoms with Gasteiger partial charge in [0.2, 0.25) is 0 Å². The fourth-order valence-corrected chi connectivity index (χ4v) is 2.40. The molecule has 2 N–H and O–H groups in total. The number of nitrogens with zero attached hydrogens (tertiary/aromatic N) is 3. The molecule has 17 heavy (non-hydrogen) atoms. The van der Waals surface area contributed by atoms with Gasteiger partial charge in [0.05, 0.1) is 18.1 Å². The molecule has 0 aliphatic carbocycles. The number of likely N-dealkylation sites (tertiary alicyclic amines) is 1. The molecule has 1 saturated heterocycles. The van der Waals surface area contributed by atoms with Crippen molar-refractivity contribution in [2.75, 3.05) is 13.1 Å². The van der Waals surface area contributed by atoms with E-state index < -0.39 is 0 Å². The van der Waals surface area contributed by atoms with Gasteiger partial charge in [-0.25, -0.2) is 4.98 Å². The van der Waals surface area contributed by atoms with Crippen molar-refractivity contribution >= 4 is 11.6 Å². The standard InChI is InChI=1S/C12H19ClN4/c1-9-2-3-10(4-14)7-17(9)8-11-5-16-12(13)6-15-11/h5-6,9-10H,2-4,7-8,14H2,1H3. The molecule has 1 aliphatic heterocycles. The summed E-state index contributed by atoms with van der Waals surface area (Å²) < 4.78 is 0. The van der Waals surface area contributed by atoms with Crippen LogP contribution in [0.5, 0.6) is 0 Å². The molecule has 0 aromatic carbocycles. The lowest BCUT2D eigenvalue weighted by Gasteiger charge is -2.37. The second-order valence-electron chi connectivity index (χ2n) is 4.79. The van der Waals surface area contributed by atoms with Crippen LogP contribution >= 0.6 is 11.6 Å². The minimum atomic E-state index is 0.445. The summed E-state index contributed by atoms with van der Waals surface area (Å²) in [6.45, 7) is 4.93. The number of hydrogen-bond acceptors (Lipinski definition) is 4. The average Bonchev–Trinajstić information content (AvgIpc) is 2.35. The van der Waals surface area contributed by atoms with Crippen LogP contribution in [0.4, 0.5) is 0 Å². The normalized spacial score (nSPS) is 26.1. The van der Waals surface area contributed by atoms with Gasteiger partial charge in [-0.05, 0) is 32.2 Å². The first-order chi connectivity index (χ1) is 8.19. The Kier molecular flexibility index (Phi) is 4.31. The van der Waals surface area contributed by atoms with Crippen LogP contribution in [0.25, 0.3) is 0 Å². The van der Waals surface area contributed by atoms with Gasteiger partial charge in [0, 0.05) is 19.1 Å². The van der Waals surface area contributed by atoms with Gasteiger partial charge in [-0.1, -0.05) is 11.6 Å². The number of rotatable bonds is 3. The Balaban J connectivity index is 1.98. The van der Waals surface area contributed by atoms with E-state index in [1.54, 1.807) is 12.4 Å². The third kappa shape index (κ3) is 3.37. The Hall–Kier alpha value is -0.710. The zero-order valence-corrected chi connectivity index (χ0v) is 10.9. The summed E-state index contributed by atoms with van der Waals surface area (Å²) in [5.41, 5.74) is 6.72. The molecule has 0 amide bonds. The van der Waals surface area contributed by atoms with Gasteiger partial charge in [-0.2, -0.15) is 0 Å². The smallest absolute Gasteiger partial charge is 0.147 e. The summed E-state index contributed by atoms with van der Waals surface area (Å²) in [4.78, 5) is 10.8.